The van der Waals surface area contributed by atoms with Gasteiger partial charge in [0.2, 0.25) is 5.91 Å². The topological polar surface area (TPSA) is 70.4 Å². The van der Waals surface area contributed by atoms with Crippen LogP contribution in [0.4, 0.5) is 0 Å². The third-order valence-corrected chi connectivity index (χ3v) is 7.14. The number of aromatic nitrogens is 2. The molecule has 8 heteroatoms. The first-order valence-electron chi connectivity index (χ1n) is 12.9. The van der Waals surface area contributed by atoms with Crippen molar-refractivity contribution in [2.75, 3.05) is 45.8 Å². The van der Waals surface area contributed by atoms with Crippen molar-refractivity contribution in [2.45, 2.75) is 26.9 Å². The first-order chi connectivity index (χ1) is 17.4. The number of amides is 2. The smallest absolute Gasteiger partial charge is 0.253 e. The summed E-state index contributed by atoms with van der Waals surface area (Å²) in [5.41, 5.74) is 2.38. The molecular formula is C28H35N5O3. The van der Waals surface area contributed by atoms with Gasteiger partial charge in [0.1, 0.15) is 18.0 Å². The number of hydrogen-bond donors (Lipinski definition) is 0. The summed E-state index contributed by atoms with van der Waals surface area (Å²) < 4.78 is 7.84. The first-order valence-corrected chi connectivity index (χ1v) is 12.9. The van der Waals surface area contributed by atoms with E-state index in [0.717, 1.165) is 37.5 Å². The van der Waals surface area contributed by atoms with E-state index in [9.17, 15) is 9.59 Å². The Kier molecular flexibility index (Phi) is 7.23. The monoisotopic (exact) mass is 489 g/mol. The Balaban J connectivity index is 1.09. The second-order valence-corrected chi connectivity index (χ2v) is 10.3. The second kappa shape index (κ2) is 10.7. The van der Waals surface area contributed by atoms with Crippen LogP contribution >= 0.6 is 0 Å². The fourth-order valence-corrected chi connectivity index (χ4v) is 5.36. The Morgan fingerprint density at radius 3 is 2.36 bits per heavy atom. The number of carbonyl (C=O) groups is 2. The predicted molar refractivity (Wildman–Crippen MR) is 138 cm³/mol. The molecule has 2 amide bonds. The standard InChI is InChI=1S/C28H35N5O3/c1-21-15-22(2)17-33(16-21)27(34)19-30-11-13-31(14-12-30)28(35)23-6-8-25(9-7-23)36-20-24-18-32-10-4-3-5-26(32)29-24/h3-10,18,21-22H,11-17,19-20H2,1-2H3. The zero-order chi connectivity index (χ0) is 25.1. The Bertz CT molecular complexity index is 1160. The van der Waals surface area contributed by atoms with Gasteiger partial charge >= 0.3 is 0 Å². The minimum Gasteiger partial charge on any atom is -0.487 e. The molecule has 2 aliphatic heterocycles. The van der Waals surface area contributed by atoms with Crippen LogP contribution in [0.2, 0.25) is 0 Å². The van der Waals surface area contributed by atoms with Crippen LogP contribution < -0.4 is 4.74 Å². The van der Waals surface area contributed by atoms with Gasteiger partial charge in [-0.1, -0.05) is 19.9 Å². The molecule has 0 saturated carbocycles. The Morgan fingerprint density at radius 2 is 1.67 bits per heavy atom. The molecule has 0 radical (unpaired) electrons. The van der Waals surface area contributed by atoms with Gasteiger partial charge in [-0.3, -0.25) is 14.5 Å². The van der Waals surface area contributed by atoms with Crippen LogP contribution in [0.3, 0.4) is 0 Å². The van der Waals surface area contributed by atoms with Crippen molar-refractivity contribution in [3.05, 3.63) is 66.1 Å². The molecule has 36 heavy (non-hydrogen) atoms. The molecule has 1 aromatic carbocycles. The number of piperidine rings is 1. The van der Waals surface area contributed by atoms with Gasteiger partial charge in [-0.25, -0.2) is 4.98 Å². The predicted octanol–water partition coefficient (Wildman–Crippen LogP) is 3.18. The lowest BCUT2D eigenvalue weighted by Crippen LogP contribution is -2.53. The number of nitrogens with zero attached hydrogens (tertiary/aromatic N) is 5. The molecule has 0 spiro atoms. The molecule has 4 heterocycles. The molecule has 3 aromatic rings. The molecule has 2 fully saturated rings. The summed E-state index contributed by atoms with van der Waals surface area (Å²) in [7, 11) is 0. The normalized spacial score (nSPS) is 21.1. The minimum absolute atomic E-state index is 0.0200. The van der Waals surface area contributed by atoms with Crippen molar-refractivity contribution in [3.63, 3.8) is 0 Å². The van der Waals surface area contributed by atoms with E-state index in [1.54, 1.807) is 0 Å². The summed E-state index contributed by atoms with van der Waals surface area (Å²) in [6.45, 7) is 9.68. The highest BCUT2D eigenvalue weighted by Crippen LogP contribution is 2.21. The Labute approximate surface area is 212 Å². The number of ether oxygens (including phenoxy) is 1. The molecule has 2 atom stereocenters. The molecule has 0 bridgehead atoms. The van der Waals surface area contributed by atoms with E-state index >= 15 is 0 Å². The van der Waals surface area contributed by atoms with E-state index in [-0.39, 0.29) is 11.8 Å². The quantitative estimate of drug-likeness (QED) is 0.532. The Hall–Kier alpha value is -3.39. The van der Waals surface area contributed by atoms with Crippen molar-refractivity contribution in [1.82, 2.24) is 24.1 Å². The van der Waals surface area contributed by atoms with Crippen molar-refractivity contribution < 1.29 is 14.3 Å². The number of pyridine rings is 1. The van der Waals surface area contributed by atoms with Crippen LogP contribution in [0.1, 0.15) is 36.3 Å². The van der Waals surface area contributed by atoms with Crippen LogP contribution in [-0.4, -0.2) is 81.7 Å². The molecule has 2 aliphatic rings. The van der Waals surface area contributed by atoms with Crippen LogP contribution in [0.5, 0.6) is 5.75 Å². The molecule has 2 unspecified atom stereocenters. The van der Waals surface area contributed by atoms with Gasteiger partial charge in [0.15, 0.2) is 0 Å². The fourth-order valence-electron chi connectivity index (χ4n) is 5.36. The summed E-state index contributed by atoms with van der Waals surface area (Å²) in [6, 6.07) is 13.2. The third kappa shape index (κ3) is 5.70. The van der Waals surface area contributed by atoms with Crippen molar-refractivity contribution >= 4 is 17.5 Å². The maximum absolute atomic E-state index is 13.0. The molecule has 2 aromatic heterocycles. The molecule has 190 valence electrons. The van der Waals surface area contributed by atoms with E-state index in [0.29, 0.717) is 49.4 Å². The van der Waals surface area contributed by atoms with Gasteiger partial charge in [-0.2, -0.15) is 0 Å². The summed E-state index contributed by atoms with van der Waals surface area (Å²) in [5, 5.41) is 0. The molecule has 0 aliphatic carbocycles. The molecule has 0 N–H and O–H groups in total. The Morgan fingerprint density at radius 1 is 0.944 bits per heavy atom. The summed E-state index contributed by atoms with van der Waals surface area (Å²) in [5.74, 6) is 2.07. The van der Waals surface area contributed by atoms with Crippen molar-refractivity contribution in [3.8, 4) is 5.75 Å². The highest BCUT2D eigenvalue weighted by Gasteiger charge is 2.28. The molecule has 8 nitrogen and oxygen atoms in total. The summed E-state index contributed by atoms with van der Waals surface area (Å²) >= 11 is 0. The van der Waals surface area contributed by atoms with Gasteiger partial charge in [-0.05, 0) is 54.7 Å². The first kappa shape index (κ1) is 24.3. The lowest BCUT2D eigenvalue weighted by molar-refractivity contribution is -0.135. The number of fused-ring (bicyclic) bond motifs is 1. The number of hydrogen-bond acceptors (Lipinski definition) is 5. The summed E-state index contributed by atoms with van der Waals surface area (Å²) in [4.78, 5) is 36.4. The lowest BCUT2D eigenvalue weighted by atomic mass is 9.92. The number of benzene rings is 1. The average molecular weight is 490 g/mol. The zero-order valence-corrected chi connectivity index (χ0v) is 21.2. The lowest BCUT2D eigenvalue weighted by Gasteiger charge is -2.38. The van der Waals surface area contributed by atoms with Crippen LogP contribution in [0, 0.1) is 11.8 Å². The minimum atomic E-state index is 0.0200. The second-order valence-electron chi connectivity index (χ2n) is 10.3. The van der Waals surface area contributed by atoms with Gasteiger partial charge in [0.25, 0.3) is 5.91 Å². The van der Waals surface area contributed by atoms with E-state index < -0.39 is 0 Å². The number of imidazole rings is 1. The zero-order valence-electron chi connectivity index (χ0n) is 21.2. The maximum atomic E-state index is 13.0. The van der Waals surface area contributed by atoms with Gasteiger partial charge in [0, 0.05) is 57.2 Å². The maximum Gasteiger partial charge on any atom is 0.253 e. The molecule has 2 saturated heterocycles. The van der Waals surface area contributed by atoms with Gasteiger partial charge in [0.05, 0.1) is 12.2 Å². The van der Waals surface area contributed by atoms with E-state index in [4.69, 9.17) is 4.74 Å². The number of rotatable bonds is 6. The number of piperazine rings is 1. The largest absolute Gasteiger partial charge is 0.487 e. The molecular weight excluding hydrogens is 454 g/mol. The molecule has 5 rings (SSSR count). The fraction of sp³-hybridized carbons (Fsp3) is 0.464. The third-order valence-electron chi connectivity index (χ3n) is 7.14. The van der Waals surface area contributed by atoms with E-state index in [2.05, 4.69) is 23.7 Å². The highest BCUT2D eigenvalue weighted by atomic mass is 16.5. The highest BCUT2D eigenvalue weighted by molar-refractivity contribution is 5.94. The number of carbonyl (C=O) groups excluding carboxylic acids is 2. The average Bonchev–Trinajstić information content (AvgIpc) is 3.30. The van der Waals surface area contributed by atoms with Crippen molar-refractivity contribution in [1.29, 1.82) is 0 Å². The van der Waals surface area contributed by atoms with Crippen LogP contribution in [0.15, 0.2) is 54.9 Å². The van der Waals surface area contributed by atoms with E-state index in [1.807, 2.05) is 69.1 Å². The van der Waals surface area contributed by atoms with Crippen molar-refractivity contribution in [2.24, 2.45) is 11.8 Å². The number of likely N-dealkylation sites (tertiary alicyclic amines) is 1. The summed E-state index contributed by atoms with van der Waals surface area (Å²) in [6.07, 6.45) is 5.10. The van der Waals surface area contributed by atoms with Gasteiger partial charge in [-0.15, -0.1) is 0 Å². The van der Waals surface area contributed by atoms with Gasteiger partial charge < -0.3 is 18.9 Å². The van der Waals surface area contributed by atoms with Crippen LogP contribution in [0.25, 0.3) is 5.65 Å². The SMILES string of the molecule is CC1CC(C)CN(C(=O)CN2CCN(C(=O)c3ccc(OCc4cn5ccccc5n4)cc3)CC2)C1. The van der Waals surface area contributed by atoms with E-state index in [1.165, 1.54) is 6.42 Å². The van der Waals surface area contributed by atoms with Crippen LogP contribution in [-0.2, 0) is 11.4 Å².